The molecule has 0 spiro atoms. The van der Waals surface area contributed by atoms with E-state index in [-0.39, 0.29) is 11.9 Å². The average Bonchev–Trinajstić information content (AvgIpc) is 2.46. The van der Waals surface area contributed by atoms with Gasteiger partial charge < -0.3 is 15.8 Å². The molecule has 0 bridgehead atoms. The van der Waals surface area contributed by atoms with Crippen LogP contribution in [-0.4, -0.2) is 13.0 Å². The number of hydrogen-bond donors (Lipinski definition) is 2. The molecule has 3 N–H and O–H groups in total. The Kier molecular flexibility index (Phi) is 4.85. The molecule has 4 nitrogen and oxygen atoms in total. The Hall–Kier alpha value is -2.01. The van der Waals surface area contributed by atoms with Crippen molar-refractivity contribution in [2.24, 2.45) is 0 Å². The lowest BCUT2D eigenvalue weighted by Gasteiger charge is -2.15. The molecule has 1 amide bonds. The monoisotopic (exact) mass is 348 g/mol. The molecule has 2 aromatic rings. The predicted molar refractivity (Wildman–Crippen MR) is 87.4 cm³/mol. The summed E-state index contributed by atoms with van der Waals surface area (Å²) in [5.74, 6) is 0.378. The van der Waals surface area contributed by atoms with Gasteiger partial charge >= 0.3 is 0 Å². The van der Waals surface area contributed by atoms with E-state index in [2.05, 4.69) is 21.2 Å². The van der Waals surface area contributed by atoms with Crippen molar-refractivity contribution >= 4 is 27.5 Å². The van der Waals surface area contributed by atoms with Crippen molar-refractivity contribution in [3.8, 4) is 5.75 Å². The van der Waals surface area contributed by atoms with Crippen molar-refractivity contribution in [1.82, 2.24) is 5.32 Å². The highest BCUT2D eigenvalue weighted by molar-refractivity contribution is 9.10. The van der Waals surface area contributed by atoms with Crippen LogP contribution in [0.3, 0.4) is 0 Å². The Morgan fingerprint density at radius 3 is 2.71 bits per heavy atom. The molecule has 0 fully saturated rings. The maximum absolute atomic E-state index is 12.3. The lowest BCUT2D eigenvalue weighted by Crippen LogP contribution is -2.26. The normalized spacial score (nSPS) is 11.8. The van der Waals surface area contributed by atoms with E-state index in [1.165, 1.54) is 0 Å². The summed E-state index contributed by atoms with van der Waals surface area (Å²) in [6.07, 6.45) is 0. The highest BCUT2D eigenvalue weighted by atomic mass is 79.9. The molecule has 0 radical (unpaired) electrons. The predicted octanol–water partition coefficient (Wildman–Crippen LogP) is 3.53. The van der Waals surface area contributed by atoms with E-state index >= 15 is 0 Å². The molecule has 5 heteroatoms. The molecular formula is C16H17BrN2O2. The van der Waals surface area contributed by atoms with Gasteiger partial charge in [-0.3, -0.25) is 4.79 Å². The number of ether oxygens (including phenoxy) is 1. The van der Waals surface area contributed by atoms with Crippen LogP contribution in [0.25, 0.3) is 0 Å². The largest absolute Gasteiger partial charge is 0.497 e. The van der Waals surface area contributed by atoms with Crippen molar-refractivity contribution in [1.29, 1.82) is 0 Å². The zero-order chi connectivity index (χ0) is 15.4. The van der Waals surface area contributed by atoms with Crippen LogP contribution >= 0.6 is 15.9 Å². The number of methoxy groups -OCH3 is 1. The molecule has 2 rings (SSSR count). The maximum atomic E-state index is 12.3. The second-order valence-corrected chi connectivity index (χ2v) is 5.66. The number of amides is 1. The number of nitrogens with two attached hydrogens (primary N) is 1. The van der Waals surface area contributed by atoms with Crippen LogP contribution in [0, 0.1) is 0 Å². The van der Waals surface area contributed by atoms with Crippen molar-refractivity contribution in [3.05, 3.63) is 58.1 Å². The van der Waals surface area contributed by atoms with Gasteiger partial charge in [0.2, 0.25) is 0 Å². The minimum Gasteiger partial charge on any atom is -0.497 e. The molecule has 0 aromatic heterocycles. The van der Waals surface area contributed by atoms with Crippen LogP contribution in [0.2, 0.25) is 0 Å². The zero-order valence-corrected chi connectivity index (χ0v) is 13.5. The van der Waals surface area contributed by atoms with Gasteiger partial charge in [-0.05, 0) is 36.8 Å². The lowest BCUT2D eigenvalue weighted by molar-refractivity contribution is 0.0939. The Morgan fingerprint density at radius 2 is 2.05 bits per heavy atom. The fraction of sp³-hybridized carbons (Fsp3) is 0.188. The van der Waals surface area contributed by atoms with Gasteiger partial charge in [-0.1, -0.05) is 28.1 Å². The van der Waals surface area contributed by atoms with Gasteiger partial charge in [0, 0.05) is 21.8 Å². The van der Waals surface area contributed by atoms with Gasteiger partial charge in [-0.15, -0.1) is 0 Å². The lowest BCUT2D eigenvalue weighted by atomic mass is 10.1. The molecule has 0 saturated carbocycles. The van der Waals surface area contributed by atoms with E-state index in [1.807, 2.05) is 31.2 Å². The third kappa shape index (κ3) is 3.98. The summed E-state index contributed by atoms with van der Waals surface area (Å²) in [7, 11) is 1.54. The number of nitrogens with one attached hydrogen (secondary N) is 1. The first-order valence-corrected chi connectivity index (χ1v) is 7.30. The van der Waals surface area contributed by atoms with Gasteiger partial charge in [0.05, 0.1) is 13.2 Å². The number of rotatable bonds is 4. The van der Waals surface area contributed by atoms with Gasteiger partial charge in [0.25, 0.3) is 5.91 Å². The number of carbonyl (C=O) groups excluding carboxylic acids is 1. The SMILES string of the molecule is COc1cc(N)cc(C(=O)NC(C)c2cccc(Br)c2)c1. The van der Waals surface area contributed by atoms with Gasteiger partial charge in [0.1, 0.15) is 5.75 Å². The van der Waals surface area contributed by atoms with Gasteiger partial charge in [-0.25, -0.2) is 0 Å². The quantitative estimate of drug-likeness (QED) is 0.830. The van der Waals surface area contributed by atoms with Crippen LogP contribution in [0.1, 0.15) is 28.9 Å². The summed E-state index contributed by atoms with van der Waals surface area (Å²) >= 11 is 3.42. The summed E-state index contributed by atoms with van der Waals surface area (Å²) in [6.45, 7) is 1.93. The van der Waals surface area contributed by atoms with E-state index in [4.69, 9.17) is 10.5 Å². The van der Waals surface area contributed by atoms with Crippen LogP contribution in [0.5, 0.6) is 5.75 Å². The van der Waals surface area contributed by atoms with E-state index < -0.39 is 0 Å². The molecule has 0 heterocycles. The fourth-order valence-corrected chi connectivity index (χ4v) is 2.43. The summed E-state index contributed by atoms with van der Waals surface area (Å²) in [5.41, 5.74) is 7.77. The molecule has 1 unspecified atom stereocenters. The molecule has 0 aliphatic heterocycles. The number of carbonyl (C=O) groups is 1. The Balaban J connectivity index is 2.16. The van der Waals surface area contributed by atoms with E-state index in [0.717, 1.165) is 10.0 Å². The second kappa shape index (κ2) is 6.63. The third-order valence-corrected chi connectivity index (χ3v) is 3.62. The van der Waals surface area contributed by atoms with Gasteiger partial charge in [0.15, 0.2) is 0 Å². The first-order valence-electron chi connectivity index (χ1n) is 6.50. The minimum absolute atomic E-state index is 0.109. The van der Waals surface area contributed by atoms with Crippen molar-refractivity contribution < 1.29 is 9.53 Å². The zero-order valence-electron chi connectivity index (χ0n) is 11.9. The Morgan fingerprint density at radius 1 is 1.29 bits per heavy atom. The van der Waals surface area contributed by atoms with Crippen LogP contribution in [0.15, 0.2) is 46.9 Å². The summed E-state index contributed by atoms with van der Waals surface area (Å²) in [6, 6.07) is 12.7. The minimum atomic E-state index is -0.187. The second-order valence-electron chi connectivity index (χ2n) is 4.75. The molecule has 21 heavy (non-hydrogen) atoms. The van der Waals surface area contributed by atoms with Crippen LogP contribution < -0.4 is 15.8 Å². The van der Waals surface area contributed by atoms with Crippen molar-refractivity contribution in [2.45, 2.75) is 13.0 Å². The highest BCUT2D eigenvalue weighted by Crippen LogP contribution is 2.21. The van der Waals surface area contributed by atoms with E-state index in [1.54, 1.807) is 25.3 Å². The topological polar surface area (TPSA) is 64.3 Å². The van der Waals surface area contributed by atoms with E-state index in [9.17, 15) is 4.79 Å². The molecule has 0 aliphatic rings. The fourth-order valence-electron chi connectivity index (χ4n) is 2.01. The highest BCUT2D eigenvalue weighted by Gasteiger charge is 2.13. The third-order valence-electron chi connectivity index (χ3n) is 3.12. The van der Waals surface area contributed by atoms with Crippen molar-refractivity contribution in [2.75, 3.05) is 12.8 Å². The molecule has 0 saturated heterocycles. The summed E-state index contributed by atoms with van der Waals surface area (Å²) < 4.78 is 6.10. The smallest absolute Gasteiger partial charge is 0.251 e. The molecule has 1 atom stereocenters. The number of halogens is 1. The number of hydrogen-bond acceptors (Lipinski definition) is 3. The van der Waals surface area contributed by atoms with Gasteiger partial charge in [-0.2, -0.15) is 0 Å². The van der Waals surface area contributed by atoms with E-state index in [0.29, 0.717) is 17.0 Å². The van der Waals surface area contributed by atoms with Crippen LogP contribution in [0.4, 0.5) is 5.69 Å². The average molecular weight is 349 g/mol. The summed E-state index contributed by atoms with van der Waals surface area (Å²) in [5, 5.41) is 2.95. The summed E-state index contributed by atoms with van der Waals surface area (Å²) in [4.78, 5) is 12.3. The number of benzene rings is 2. The Bertz CT molecular complexity index is 658. The number of anilines is 1. The molecule has 2 aromatic carbocycles. The number of nitrogen functional groups attached to an aromatic ring is 1. The van der Waals surface area contributed by atoms with Crippen LogP contribution in [-0.2, 0) is 0 Å². The standard InChI is InChI=1S/C16H17BrN2O2/c1-10(11-4-3-5-13(17)6-11)19-16(20)12-7-14(18)9-15(8-12)21-2/h3-10H,18H2,1-2H3,(H,19,20). The molecule has 0 aliphatic carbocycles. The molecular weight excluding hydrogens is 332 g/mol. The Labute approximate surface area is 132 Å². The van der Waals surface area contributed by atoms with Crippen molar-refractivity contribution in [3.63, 3.8) is 0 Å². The maximum Gasteiger partial charge on any atom is 0.251 e. The first-order chi connectivity index (χ1) is 9.99. The molecule has 110 valence electrons. The first kappa shape index (κ1) is 15.4.